The van der Waals surface area contributed by atoms with Gasteiger partial charge in [0.05, 0.1) is 11.9 Å². The maximum Gasteiger partial charge on any atom is 0.163 e. The van der Waals surface area contributed by atoms with Gasteiger partial charge in [-0.05, 0) is 32.2 Å². The van der Waals surface area contributed by atoms with Gasteiger partial charge >= 0.3 is 0 Å². The SMILES string of the molecule is CCN=C(SC)N(CC)c1ccc(Cl)nc1. The Labute approximate surface area is 106 Å². The molecule has 0 aliphatic heterocycles. The van der Waals surface area contributed by atoms with Crippen LogP contribution in [-0.2, 0) is 0 Å². The molecule has 0 aromatic carbocycles. The van der Waals surface area contributed by atoms with Crippen molar-refractivity contribution in [1.29, 1.82) is 0 Å². The number of pyridine rings is 1. The second-order valence-electron chi connectivity index (χ2n) is 3.04. The summed E-state index contributed by atoms with van der Waals surface area (Å²) >= 11 is 7.41. The lowest BCUT2D eigenvalue weighted by Crippen LogP contribution is -2.28. The summed E-state index contributed by atoms with van der Waals surface area (Å²) in [7, 11) is 0. The number of amidine groups is 1. The molecule has 88 valence electrons. The van der Waals surface area contributed by atoms with Crippen molar-refractivity contribution in [2.45, 2.75) is 13.8 Å². The molecule has 1 rings (SSSR count). The standard InChI is InChI=1S/C11H16ClN3S/c1-4-13-11(16-3)15(5-2)9-6-7-10(12)14-8-9/h6-8H,4-5H2,1-3H3. The Morgan fingerprint density at radius 3 is 2.69 bits per heavy atom. The van der Waals surface area contributed by atoms with E-state index in [1.807, 2.05) is 19.2 Å². The average molecular weight is 258 g/mol. The van der Waals surface area contributed by atoms with E-state index in [9.17, 15) is 0 Å². The molecule has 0 fully saturated rings. The lowest BCUT2D eigenvalue weighted by atomic mass is 10.4. The molecule has 16 heavy (non-hydrogen) atoms. The first-order valence-electron chi connectivity index (χ1n) is 5.20. The van der Waals surface area contributed by atoms with Crippen molar-refractivity contribution in [1.82, 2.24) is 4.98 Å². The largest absolute Gasteiger partial charge is 0.320 e. The molecule has 0 spiro atoms. The molecule has 0 saturated heterocycles. The van der Waals surface area contributed by atoms with Gasteiger partial charge in [0.1, 0.15) is 5.15 Å². The first-order valence-corrected chi connectivity index (χ1v) is 6.80. The topological polar surface area (TPSA) is 28.5 Å². The smallest absolute Gasteiger partial charge is 0.163 e. The number of rotatable bonds is 3. The Bertz CT molecular complexity index is 351. The molecule has 0 radical (unpaired) electrons. The molecular formula is C11H16ClN3S. The van der Waals surface area contributed by atoms with Crippen molar-refractivity contribution in [2.75, 3.05) is 24.2 Å². The highest BCUT2D eigenvalue weighted by atomic mass is 35.5. The number of aliphatic imine (C=N–C) groups is 1. The number of thioether (sulfide) groups is 1. The molecule has 0 unspecified atom stereocenters. The fourth-order valence-electron chi connectivity index (χ4n) is 1.35. The van der Waals surface area contributed by atoms with Gasteiger partial charge in [0, 0.05) is 13.1 Å². The summed E-state index contributed by atoms with van der Waals surface area (Å²) in [6.45, 7) is 5.77. The van der Waals surface area contributed by atoms with Crippen LogP contribution in [-0.4, -0.2) is 29.5 Å². The highest BCUT2D eigenvalue weighted by Crippen LogP contribution is 2.18. The fraction of sp³-hybridized carbons (Fsp3) is 0.455. The zero-order valence-electron chi connectivity index (χ0n) is 9.77. The average Bonchev–Trinajstić information content (AvgIpc) is 2.31. The summed E-state index contributed by atoms with van der Waals surface area (Å²) in [5.41, 5.74) is 1.02. The summed E-state index contributed by atoms with van der Waals surface area (Å²) in [6.07, 6.45) is 3.80. The minimum Gasteiger partial charge on any atom is -0.320 e. The summed E-state index contributed by atoms with van der Waals surface area (Å²) < 4.78 is 0. The molecule has 0 aliphatic carbocycles. The van der Waals surface area contributed by atoms with Gasteiger partial charge in [-0.1, -0.05) is 23.4 Å². The van der Waals surface area contributed by atoms with E-state index in [2.05, 4.69) is 21.8 Å². The van der Waals surface area contributed by atoms with Gasteiger partial charge in [-0.25, -0.2) is 4.98 Å². The monoisotopic (exact) mass is 257 g/mol. The number of hydrogen-bond acceptors (Lipinski definition) is 3. The summed E-state index contributed by atoms with van der Waals surface area (Å²) in [6, 6.07) is 3.75. The third-order valence-corrected chi connectivity index (χ3v) is 2.98. The van der Waals surface area contributed by atoms with Crippen LogP contribution in [0.1, 0.15) is 13.8 Å². The molecule has 3 nitrogen and oxygen atoms in total. The van der Waals surface area contributed by atoms with Crippen molar-refractivity contribution >= 4 is 34.2 Å². The van der Waals surface area contributed by atoms with Gasteiger partial charge in [-0.15, -0.1) is 0 Å². The number of nitrogens with zero attached hydrogens (tertiary/aromatic N) is 3. The Balaban J connectivity index is 2.97. The summed E-state index contributed by atoms with van der Waals surface area (Å²) in [4.78, 5) is 10.7. The molecule has 0 atom stereocenters. The van der Waals surface area contributed by atoms with Crippen molar-refractivity contribution in [3.63, 3.8) is 0 Å². The normalized spacial score (nSPS) is 11.6. The Morgan fingerprint density at radius 1 is 1.50 bits per heavy atom. The van der Waals surface area contributed by atoms with Crippen LogP contribution < -0.4 is 4.90 Å². The Kier molecular flexibility index (Phi) is 5.63. The highest BCUT2D eigenvalue weighted by Gasteiger charge is 2.10. The van der Waals surface area contributed by atoms with E-state index in [0.29, 0.717) is 5.15 Å². The first-order chi connectivity index (χ1) is 7.72. The van der Waals surface area contributed by atoms with Gasteiger partial charge < -0.3 is 4.90 Å². The predicted molar refractivity (Wildman–Crippen MR) is 73.8 cm³/mol. The summed E-state index contributed by atoms with van der Waals surface area (Å²) in [5, 5.41) is 1.52. The molecule has 0 saturated carbocycles. The van der Waals surface area contributed by atoms with Crippen molar-refractivity contribution in [3.8, 4) is 0 Å². The minimum atomic E-state index is 0.512. The zero-order valence-corrected chi connectivity index (χ0v) is 11.3. The van der Waals surface area contributed by atoms with E-state index < -0.39 is 0 Å². The van der Waals surface area contributed by atoms with Crippen LogP contribution in [0, 0.1) is 0 Å². The van der Waals surface area contributed by atoms with Crippen LogP contribution in [0.3, 0.4) is 0 Å². The lowest BCUT2D eigenvalue weighted by Gasteiger charge is -2.23. The number of hydrogen-bond donors (Lipinski definition) is 0. The van der Waals surface area contributed by atoms with Crippen molar-refractivity contribution < 1.29 is 0 Å². The maximum absolute atomic E-state index is 5.77. The highest BCUT2D eigenvalue weighted by molar-refractivity contribution is 8.13. The third kappa shape index (κ3) is 3.39. The van der Waals surface area contributed by atoms with E-state index in [1.165, 1.54) is 0 Å². The number of anilines is 1. The van der Waals surface area contributed by atoms with Crippen molar-refractivity contribution in [2.24, 2.45) is 4.99 Å². The van der Waals surface area contributed by atoms with Crippen molar-refractivity contribution in [3.05, 3.63) is 23.5 Å². The van der Waals surface area contributed by atoms with Crippen LogP contribution in [0.5, 0.6) is 0 Å². The quantitative estimate of drug-likeness (QED) is 0.473. The van der Waals surface area contributed by atoms with Crippen LogP contribution in [0.15, 0.2) is 23.3 Å². The molecule has 1 heterocycles. The number of halogens is 1. The van der Waals surface area contributed by atoms with Gasteiger partial charge in [0.2, 0.25) is 0 Å². The molecule has 0 bridgehead atoms. The van der Waals surface area contributed by atoms with E-state index in [0.717, 1.165) is 23.9 Å². The van der Waals surface area contributed by atoms with E-state index in [1.54, 1.807) is 24.0 Å². The molecule has 5 heteroatoms. The molecule has 1 aromatic rings. The lowest BCUT2D eigenvalue weighted by molar-refractivity contribution is 1.03. The van der Waals surface area contributed by atoms with E-state index in [4.69, 9.17) is 11.6 Å². The number of aromatic nitrogens is 1. The van der Waals surface area contributed by atoms with Gasteiger partial charge in [-0.3, -0.25) is 4.99 Å². The molecular weight excluding hydrogens is 242 g/mol. The Morgan fingerprint density at radius 2 is 2.25 bits per heavy atom. The zero-order chi connectivity index (χ0) is 12.0. The molecule has 1 aromatic heterocycles. The molecule has 0 aliphatic rings. The maximum atomic E-state index is 5.77. The van der Waals surface area contributed by atoms with Gasteiger partial charge in [0.25, 0.3) is 0 Å². The molecule has 0 amide bonds. The van der Waals surface area contributed by atoms with Crippen LogP contribution >= 0.6 is 23.4 Å². The summed E-state index contributed by atoms with van der Waals surface area (Å²) in [5.74, 6) is 0. The van der Waals surface area contributed by atoms with Crippen LogP contribution in [0.25, 0.3) is 0 Å². The van der Waals surface area contributed by atoms with E-state index in [-0.39, 0.29) is 0 Å². The Hall–Kier alpha value is -0.740. The van der Waals surface area contributed by atoms with E-state index >= 15 is 0 Å². The fourth-order valence-corrected chi connectivity index (χ4v) is 2.18. The van der Waals surface area contributed by atoms with Gasteiger partial charge in [0.15, 0.2) is 5.17 Å². The predicted octanol–water partition coefficient (Wildman–Crippen LogP) is 3.30. The van der Waals surface area contributed by atoms with Crippen LogP contribution in [0.2, 0.25) is 5.15 Å². The second kappa shape index (κ2) is 6.76. The third-order valence-electron chi connectivity index (χ3n) is 2.05. The van der Waals surface area contributed by atoms with Gasteiger partial charge in [-0.2, -0.15) is 0 Å². The second-order valence-corrected chi connectivity index (χ2v) is 4.21. The van der Waals surface area contributed by atoms with Crippen LogP contribution in [0.4, 0.5) is 5.69 Å². The first kappa shape index (κ1) is 13.3. The minimum absolute atomic E-state index is 0.512. The molecule has 0 N–H and O–H groups in total.